The summed E-state index contributed by atoms with van der Waals surface area (Å²) in [7, 11) is 0. The Kier molecular flexibility index (Phi) is 4.87. The topological polar surface area (TPSA) is 53.3 Å². The van der Waals surface area contributed by atoms with Crippen LogP contribution >= 0.6 is 11.6 Å². The SMILES string of the molecule is CCCOC(=O)c1ccc2nc([C@H](C)Cl)n(CC3CCO3)c2c1. The first-order valence-corrected chi connectivity index (χ1v) is 8.46. The molecule has 124 valence electrons. The van der Waals surface area contributed by atoms with Crippen molar-refractivity contribution in [2.45, 2.75) is 44.7 Å². The fraction of sp³-hybridized carbons (Fsp3) is 0.529. The van der Waals surface area contributed by atoms with Crippen molar-refractivity contribution in [2.75, 3.05) is 13.2 Å². The lowest BCUT2D eigenvalue weighted by Gasteiger charge is -2.27. The minimum absolute atomic E-state index is 0.192. The highest BCUT2D eigenvalue weighted by atomic mass is 35.5. The highest BCUT2D eigenvalue weighted by Gasteiger charge is 2.23. The number of fused-ring (bicyclic) bond motifs is 1. The van der Waals surface area contributed by atoms with E-state index in [1.807, 2.05) is 26.0 Å². The van der Waals surface area contributed by atoms with Gasteiger partial charge in [0.05, 0.1) is 41.2 Å². The lowest BCUT2D eigenvalue weighted by atomic mass is 10.1. The van der Waals surface area contributed by atoms with E-state index in [9.17, 15) is 4.79 Å². The standard InChI is InChI=1S/C17H21ClN2O3/c1-3-7-23-17(21)12-4-5-14-15(9-12)20(10-13-6-8-22-13)16(19-14)11(2)18/h4-5,9,11,13H,3,6-8,10H2,1-2H3/t11-,13?/m0/s1. The van der Waals surface area contributed by atoms with Crippen molar-refractivity contribution < 1.29 is 14.3 Å². The molecule has 0 aliphatic carbocycles. The average molecular weight is 337 g/mol. The van der Waals surface area contributed by atoms with Crippen molar-refractivity contribution >= 4 is 28.6 Å². The van der Waals surface area contributed by atoms with Gasteiger partial charge in [0.25, 0.3) is 0 Å². The molecule has 5 nitrogen and oxygen atoms in total. The number of carbonyl (C=O) groups excluding carboxylic acids is 1. The second-order valence-electron chi connectivity index (χ2n) is 5.82. The molecule has 0 bridgehead atoms. The molecule has 2 heterocycles. The van der Waals surface area contributed by atoms with Gasteiger partial charge in [-0.1, -0.05) is 6.92 Å². The van der Waals surface area contributed by atoms with Gasteiger partial charge in [-0.3, -0.25) is 0 Å². The van der Waals surface area contributed by atoms with Gasteiger partial charge in [0.1, 0.15) is 5.82 Å². The van der Waals surface area contributed by atoms with Crippen molar-refractivity contribution in [3.05, 3.63) is 29.6 Å². The normalized spacial score (nSPS) is 18.7. The third-order valence-electron chi connectivity index (χ3n) is 3.99. The largest absolute Gasteiger partial charge is 0.462 e. The summed E-state index contributed by atoms with van der Waals surface area (Å²) < 4.78 is 12.8. The van der Waals surface area contributed by atoms with Crippen LogP contribution in [0.1, 0.15) is 48.2 Å². The van der Waals surface area contributed by atoms with E-state index in [1.54, 1.807) is 6.07 Å². The van der Waals surface area contributed by atoms with Crippen LogP contribution in [0.2, 0.25) is 0 Å². The first-order chi connectivity index (χ1) is 11.1. The zero-order valence-electron chi connectivity index (χ0n) is 13.4. The van der Waals surface area contributed by atoms with Gasteiger partial charge in [0.2, 0.25) is 0 Å². The van der Waals surface area contributed by atoms with Crippen LogP contribution in [0.3, 0.4) is 0 Å². The fourth-order valence-corrected chi connectivity index (χ4v) is 2.84. The Hall–Kier alpha value is -1.59. The molecule has 1 saturated heterocycles. The third kappa shape index (κ3) is 3.35. The molecule has 6 heteroatoms. The molecule has 1 unspecified atom stereocenters. The van der Waals surface area contributed by atoms with E-state index < -0.39 is 0 Å². The zero-order chi connectivity index (χ0) is 16.4. The highest BCUT2D eigenvalue weighted by molar-refractivity contribution is 6.20. The number of alkyl halides is 1. The maximum Gasteiger partial charge on any atom is 0.338 e. The Labute approximate surface area is 140 Å². The number of rotatable bonds is 6. The molecule has 3 rings (SSSR count). The molecule has 0 N–H and O–H groups in total. The molecular weight excluding hydrogens is 316 g/mol. The van der Waals surface area contributed by atoms with Crippen molar-refractivity contribution in [1.82, 2.24) is 9.55 Å². The Morgan fingerprint density at radius 2 is 2.35 bits per heavy atom. The smallest absolute Gasteiger partial charge is 0.338 e. The molecule has 1 fully saturated rings. The molecule has 1 aliphatic rings. The van der Waals surface area contributed by atoms with Gasteiger partial charge in [0.15, 0.2) is 0 Å². The molecular formula is C17H21ClN2O3. The Morgan fingerprint density at radius 1 is 1.57 bits per heavy atom. The molecule has 1 aromatic carbocycles. The molecule has 23 heavy (non-hydrogen) atoms. The average Bonchev–Trinajstić information content (AvgIpc) is 2.86. The molecule has 2 atom stereocenters. The third-order valence-corrected chi connectivity index (χ3v) is 4.18. The van der Waals surface area contributed by atoms with Crippen LogP contribution in [0.4, 0.5) is 0 Å². The highest BCUT2D eigenvalue weighted by Crippen LogP contribution is 2.27. The molecule has 0 saturated carbocycles. The number of esters is 1. The van der Waals surface area contributed by atoms with Gasteiger partial charge in [-0.25, -0.2) is 9.78 Å². The molecule has 0 spiro atoms. The van der Waals surface area contributed by atoms with Crippen molar-refractivity contribution in [2.24, 2.45) is 0 Å². The predicted molar refractivity (Wildman–Crippen MR) is 88.9 cm³/mol. The summed E-state index contributed by atoms with van der Waals surface area (Å²) in [5.41, 5.74) is 2.27. The van der Waals surface area contributed by atoms with Gasteiger partial charge in [-0.15, -0.1) is 11.6 Å². The van der Waals surface area contributed by atoms with E-state index in [1.165, 1.54) is 0 Å². The number of ether oxygens (including phenoxy) is 2. The Bertz CT molecular complexity index is 707. The first-order valence-electron chi connectivity index (χ1n) is 8.03. The van der Waals surface area contributed by atoms with Crippen LogP contribution in [0.5, 0.6) is 0 Å². The molecule has 2 aromatic rings. The summed E-state index contributed by atoms with van der Waals surface area (Å²) in [6.07, 6.45) is 2.03. The summed E-state index contributed by atoms with van der Waals surface area (Å²) in [6, 6.07) is 5.43. The number of imidazole rings is 1. The number of nitrogens with zero attached hydrogens (tertiary/aromatic N) is 2. The maximum absolute atomic E-state index is 12.1. The lowest BCUT2D eigenvalue weighted by molar-refractivity contribution is -0.0590. The molecule has 0 amide bonds. The van der Waals surface area contributed by atoms with Gasteiger partial charge < -0.3 is 14.0 Å². The lowest BCUT2D eigenvalue weighted by Crippen LogP contribution is -2.31. The number of carbonyl (C=O) groups is 1. The monoisotopic (exact) mass is 336 g/mol. The Balaban J connectivity index is 1.97. The first kappa shape index (κ1) is 16.3. The fourth-order valence-electron chi connectivity index (χ4n) is 2.67. The summed E-state index contributed by atoms with van der Waals surface area (Å²) >= 11 is 6.28. The summed E-state index contributed by atoms with van der Waals surface area (Å²) in [5.74, 6) is 0.498. The van der Waals surface area contributed by atoms with Gasteiger partial charge in [-0.2, -0.15) is 0 Å². The van der Waals surface area contributed by atoms with Crippen molar-refractivity contribution in [3.8, 4) is 0 Å². The van der Waals surface area contributed by atoms with E-state index in [0.29, 0.717) is 18.7 Å². The minimum Gasteiger partial charge on any atom is -0.462 e. The van der Waals surface area contributed by atoms with Gasteiger partial charge in [-0.05, 0) is 38.0 Å². The van der Waals surface area contributed by atoms with Crippen LogP contribution < -0.4 is 0 Å². The number of benzene rings is 1. The number of aromatic nitrogens is 2. The molecule has 0 radical (unpaired) electrons. The minimum atomic E-state index is -0.304. The quantitative estimate of drug-likeness (QED) is 0.596. The second kappa shape index (κ2) is 6.89. The van der Waals surface area contributed by atoms with Crippen LogP contribution in [0.15, 0.2) is 18.2 Å². The summed E-state index contributed by atoms with van der Waals surface area (Å²) in [6.45, 7) is 5.81. The Morgan fingerprint density at radius 3 is 2.96 bits per heavy atom. The number of halogens is 1. The van der Waals surface area contributed by atoms with Crippen LogP contribution in [-0.2, 0) is 16.0 Å². The van der Waals surface area contributed by atoms with Crippen molar-refractivity contribution in [3.63, 3.8) is 0 Å². The van der Waals surface area contributed by atoms with Crippen molar-refractivity contribution in [1.29, 1.82) is 0 Å². The molecule has 1 aliphatic heterocycles. The number of hydrogen-bond donors (Lipinski definition) is 0. The molecule has 1 aromatic heterocycles. The zero-order valence-corrected chi connectivity index (χ0v) is 14.2. The second-order valence-corrected chi connectivity index (χ2v) is 6.47. The predicted octanol–water partition coefficient (Wildman–Crippen LogP) is 3.69. The number of hydrogen-bond acceptors (Lipinski definition) is 4. The van der Waals surface area contributed by atoms with Crippen LogP contribution in [0, 0.1) is 0 Å². The summed E-state index contributed by atoms with van der Waals surface area (Å²) in [4.78, 5) is 16.7. The maximum atomic E-state index is 12.1. The van der Waals surface area contributed by atoms with Gasteiger partial charge in [0, 0.05) is 6.61 Å². The van der Waals surface area contributed by atoms with E-state index in [0.717, 1.165) is 36.3 Å². The van der Waals surface area contributed by atoms with E-state index in [4.69, 9.17) is 21.1 Å². The van der Waals surface area contributed by atoms with Gasteiger partial charge >= 0.3 is 5.97 Å². The van der Waals surface area contributed by atoms with Crippen LogP contribution in [-0.4, -0.2) is 34.8 Å². The van der Waals surface area contributed by atoms with E-state index >= 15 is 0 Å². The summed E-state index contributed by atoms with van der Waals surface area (Å²) in [5, 5.41) is -0.210. The van der Waals surface area contributed by atoms with Crippen LogP contribution in [0.25, 0.3) is 11.0 Å². The van der Waals surface area contributed by atoms with E-state index in [2.05, 4.69) is 9.55 Å². The van der Waals surface area contributed by atoms with E-state index in [-0.39, 0.29) is 17.5 Å².